The van der Waals surface area contributed by atoms with Crippen LogP contribution in [0.2, 0.25) is 0 Å². The van der Waals surface area contributed by atoms with E-state index in [1.54, 1.807) is 0 Å². The van der Waals surface area contributed by atoms with Gasteiger partial charge in [0, 0.05) is 19.2 Å². The lowest BCUT2D eigenvalue weighted by molar-refractivity contribution is 0.155. The summed E-state index contributed by atoms with van der Waals surface area (Å²) in [4.78, 5) is 13.0. The first-order valence-electron chi connectivity index (χ1n) is 5.03. The average Bonchev–Trinajstić information content (AvgIpc) is 2.24. The number of aromatic hydroxyl groups is 1. The summed E-state index contributed by atoms with van der Waals surface area (Å²) in [5, 5.41) is 9.33. The number of phenols is 1. The number of hydrogen-bond acceptors (Lipinski definition) is 3. The number of amides is 1. The molecule has 1 aromatic rings. The van der Waals surface area contributed by atoms with Gasteiger partial charge in [-0.05, 0) is 26.0 Å². The molecule has 1 rings (SSSR count). The van der Waals surface area contributed by atoms with Gasteiger partial charge in [-0.15, -0.1) is 0 Å². The highest BCUT2D eigenvalue weighted by molar-refractivity contribution is 5.71. The van der Waals surface area contributed by atoms with E-state index in [0.29, 0.717) is 13.1 Å². The normalized spacial score (nSPS) is 9.94. The van der Waals surface area contributed by atoms with Crippen LogP contribution in [0.1, 0.15) is 13.8 Å². The van der Waals surface area contributed by atoms with E-state index in [1.807, 2.05) is 13.8 Å². The second-order valence-corrected chi connectivity index (χ2v) is 3.15. The minimum atomic E-state index is -0.583. The molecule has 0 saturated heterocycles. The zero-order valence-corrected chi connectivity index (χ0v) is 9.24. The Hall–Kier alpha value is -1.78. The molecular formula is C11H14FNO3. The molecule has 0 radical (unpaired) electrons. The number of halogens is 1. The monoisotopic (exact) mass is 227 g/mol. The van der Waals surface area contributed by atoms with Crippen molar-refractivity contribution in [2.75, 3.05) is 13.1 Å². The molecular weight excluding hydrogens is 213 g/mol. The molecule has 0 bridgehead atoms. The predicted molar refractivity (Wildman–Crippen MR) is 57.0 cm³/mol. The minimum absolute atomic E-state index is 0.0432. The first-order valence-corrected chi connectivity index (χ1v) is 5.03. The molecule has 0 aliphatic carbocycles. The second-order valence-electron chi connectivity index (χ2n) is 3.15. The average molecular weight is 227 g/mol. The fourth-order valence-electron chi connectivity index (χ4n) is 1.22. The molecule has 0 aliphatic rings. The van der Waals surface area contributed by atoms with Crippen molar-refractivity contribution in [2.24, 2.45) is 0 Å². The van der Waals surface area contributed by atoms with Crippen molar-refractivity contribution < 1.29 is 19.0 Å². The number of carbonyl (C=O) groups is 1. The van der Waals surface area contributed by atoms with Crippen LogP contribution >= 0.6 is 0 Å². The first-order chi connectivity index (χ1) is 7.58. The van der Waals surface area contributed by atoms with E-state index in [4.69, 9.17) is 4.74 Å². The number of nitrogens with zero attached hydrogens (tertiary/aromatic N) is 1. The van der Waals surface area contributed by atoms with Gasteiger partial charge in [0.15, 0.2) is 11.5 Å². The van der Waals surface area contributed by atoms with Gasteiger partial charge in [-0.3, -0.25) is 0 Å². The standard InChI is InChI=1S/C11H14FNO3/c1-3-13(4-2)11(15)16-10-6-5-8(12)7-9(10)14/h5-7,14H,3-4H2,1-2H3. The maximum Gasteiger partial charge on any atom is 0.415 e. The van der Waals surface area contributed by atoms with E-state index in [-0.39, 0.29) is 11.5 Å². The lowest BCUT2D eigenvalue weighted by atomic mass is 10.3. The SMILES string of the molecule is CCN(CC)C(=O)Oc1ccc(F)cc1O. The number of carbonyl (C=O) groups excluding carboxylic acids is 1. The van der Waals surface area contributed by atoms with Crippen LogP contribution in [-0.4, -0.2) is 29.2 Å². The molecule has 4 nitrogen and oxygen atoms in total. The Kier molecular flexibility index (Phi) is 4.10. The van der Waals surface area contributed by atoms with Crippen molar-refractivity contribution in [1.29, 1.82) is 0 Å². The summed E-state index contributed by atoms with van der Waals surface area (Å²) >= 11 is 0. The summed E-state index contributed by atoms with van der Waals surface area (Å²) in [6, 6.07) is 3.22. The van der Waals surface area contributed by atoms with Crippen molar-refractivity contribution >= 4 is 6.09 Å². The maximum atomic E-state index is 12.7. The highest BCUT2D eigenvalue weighted by Crippen LogP contribution is 2.26. The summed E-state index contributed by atoms with van der Waals surface area (Å²) in [6.45, 7) is 4.65. The molecule has 5 heteroatoms. The van der Waals surface area contributed by atoms with Crippen molar-refractivity contribution in [3.8, 4) is 11.5 Å². The van der Waals surface area contributed by atoms with Crippen LogP contribution in [0.5, 0.6) is 11.5 Å². The van der Waals surface area contributed by atoms with Gasteiger partial charge < -0.3 is 14.7 Å². The van der Waals surface area contributed by atoms with E-state index in [1.165, 1.54) is 11.0 Å². The number of ether oxygens (including phenoxy) is 1. The van der Waals surface area contributed by atoms with Gasteiger partial charge in [-0.25, -0.2) is 9.18 Å². The highest BCUT2D eigenvalue weighted by Gasteiger charge is 2.14. The molecule has 0 aliphatic heterocycles. The van der Waals surface area contributed by atoms with Crippen molar-refractivity contribution in [1.82, 2.24) is 4.90 Å². The molecule has 0 aromatic heterocycles. The number of hydrogen-bond donors (Lipinski definition) is 1. The zero-order valence-electron chi connectivity index (χ0n) is 9.24. The molecule has 16 heavy (non-hydrogen) atoms. The molecule has 0 fully saturated rings. The fourth-order valence-corrected chi connectivity index (χ4v) is 1.22. The van der Waals surface area contributed by atoms with Crippen molar-refractivity contribution in [3.05, 3.63) is 24.0 Å². The van der Waals surface area contributed by atoms with Gasteiger partial charge in [0.25, 0.3) is 0 Å². The second kappa shape index (κ2) is 5.34. The quantitative estimate of drug-likeness (QED) is 0.862. The lowest BCUT2D eigenvalue weighted by Gasteiger charge is -2.18. The Bertz CT molecular complexity index is 377. The molecule has 0 spiro atoms. The van der Waals surface area contributed by atoms with Crippen LogP contribution in [0.3, 0.4) is 0 Å². The van der Waals surface area contributed by atoms with Gasteiger partial charge >= 0.3 is 6.09 Å². The molecule has 88 valence electrons. The smallest absolute Gasteiger partial charge is 0.415 e. The van der Waals surface area contributed by atoms with Gasteiger partial charge in [-0.1, -0.05) is 0 Å². The summed E-state index contributed by atoms with van der Waals surface area (Å²) in [5.74, 6) is -1.01. The summed E-state index contributed by atoms with van der Waals surface area (Å²) < 4.78 is 17.6. The van der Waals surface area contributed by atoms with Crippen LogP contribution in [-0.2, 0) is 0 Å². The molecule has 0 atom stereocenters. The molecule has 0 heterocycles. The Balaban J connectivity index is 2.76. The number of phenolic OH excluding ortho intramolecular Hbond substituents is 1. The fraction of sp³-hybridized carbons (Fsp3) is 0.364. The molecule has 0 saturated carbocycles. The Morgan fingerprint density at radius 3 is 2.56 bits per heavy atom. The van der Waals surface area contributed by atoms with Crippen molar-refractivity contribution in [3.63, 3.8) is 0 Å². The zero-order chi connectivity index (χ0) is 12.1. The van der Waals surface area contributed by atoms with Crippen LogP contribution in [0.25, 0.3) is 0 Å². The predicted octanol–water partition coefficient (Wildman–Crippen LogP) is 2.37. The highest BCUT2D eigenvalue weighted by atomic mass is 19.1. The van der Waals surface area contributed by atoms with Crippen LogP contribution in [0.4, 0.5) is 9.18 Å². The maximum absolute atomic E-state index is 12.7. The molecule has 1 amide bonds. The molecule has 1 aromatic carbocycles. The van der Waals surface area contributed by atoms with Crippen LogP contribution < -0.4 is 4.74 Å². The van der Waals surface area contributed by atoms with Gasteiger partial charge in [0.1, 0.15) is 5.82 Å². The van der Waals surface area contributed by atoms with Gasteiger partial charge in [-0.2, -0.15) is 0 Å². The Labute approximate surface area is 93.3 Å². The Morgan fingerprint density at radius 1 is 1.44 bits per heavy atom. The van der Waals surface area contributed by atoms with Gasteiger partial charge in [0.2, 0.25) is 0 Å². The Morgan fingerprint density at radius 2 is 2.06 bits per heavy atom. The first kappa shape index (κ1) is 12.3. The third kappa shape index (κ3) is 2.85. The number of rotatable bonds is 3. The van der Waals surface area contributed by atoms with Crippen molar-refractivity contribution in [2.45, 2.75) is 13.8 Å². The third-order valence-corrected chi connectivity index (χ3v) is 2.14. The molecule has 0 unspecified atom stereocenters. The van der Waals surface area contributed by atoms with Gasteiger partial charge in [0.05, 0.1) is 0 Å². The van der Waals surface area contributed by atoms with E-state index in [0.717, 1.165) is 12.1 Å². The number of benzene rings is 1. The van der Waals surface area contributed by atoms with Crippen LogP contribution in [0.15, 0.2) is 18.2 Å². The molecule has 1 N–H and O–H groups in total. The van der Waals surface area contributed by atoms with E-state index >= 15 is 0 Å². The van der Waals surface area contributed by atoms with E-state index in [9.17, 15) is 14.3 Å². The minimum Gasteiger partial charge on any atom is -0.504 e. The largest absolute Gasteiger partial charge is 0.504 e. The van der Waals surface area contributed by atoms with E-state index in [2.05, 4.69) is 0 Å². The van der Waals surface area contributed by atoms with Crippen LogP contribution in [0, 0.1) is 5.82 Å². The summed E-state index contributed by atoms with van der Waals surface area (Å²) in [5.41, 5.74) is 0. The summed E-state index contributed by atoms with van der Waals surface area (Å²) in [7, 11) is 0. The third-order valence-electron chi connectivity index (χ3n) is 2.14. The van der Waals surface area contributed by atoms with E-state index < -0.39 is 11.9 Å². The summed E-state index contributed by atoms with van der Waals surface area (Å²) in [6.07, 6.45) is -0.563. The topological polar surface area (TPSA) is 49.8 Å². The lowest BCUT2D eigenvalue weighted by Crippen LogP contribution is -2.33.